The summed E-state index contributed by atoms with van der Waals surface area (Å²) >= 11 is 1.93. The van der Waals surface area contributed by atoms with Gasteiger partial charge in [0.05, 0.1) is 5.25 Å². The monoisotopic (exact) mass is 226 g/mol. The summed E-state index contributed by atoms with van der Waals surface area (Å²) in [5.74, 6) is 2.52. The van der Waals surface area contributed by atoms with E-state index in [1.54, 1.807) is 0 Å². The van der Waals surface area contributed by atoms with Crippen LogP contribution in [0.15, 0.2) is 4.99 Å². The first-order valence-corrected chi connectivity index (χ1v) is 6.73. The lowest BCUT2D eigenvalue weighted by molar-refractivity contribution is -0.120. The predicted octanol–water partition coefficient (Wildman–Crippen LogP) is 1.82. The summed E-state index contributed by atoms with van der Waals surface area (Å²) in [5.41, 5.74) is 0. The molecule has 1 amide bonds. The normalized spacial score (nSPS) is 31.7. The minimum absolute atomic E-state index is 0.0890. The Morgan fingerprint density at radius 2 is 2.27 bits per heavy atom. The third kappa shape index (κ3) is 2.36. The molecule has 0 saturated carbocycles. The molecule has 0 aromatic heterocycles. The average molecular weight is 226 g/mol. The molecule has 0 aromatic carbocycles. The van der Waals surface area contributed by atoms with Crippen LogP contribution in [0.25, 0.3) is 0 Å². The second-order valence-corrected chi connectivity index (χ2v) is 5.86. The fourth-order valence-electron chi connectivity index (χ4n) is 2.01. The highest BCUT2D eigenvalue weighted by molar-refractivity contribution is 8.00. The second-order valence-electron chi connectivity index (χ2n) is 4.55. The van der Waals surface area contributed by atoms with Gasteiger partial charge >= 0.3 is 0 Å². The Balaban J connectivity index is 2.04. The Morgan fingerprint density at radius 1 is 1.47 bits per heavy atom. The zero-order chi connectivity index (χ0) is 10.8. The standard InChI is InChI=1S/C11H18N2OS/c1-7(2)9-11(14)13-10(12-9)8-5-3-4-6-15-8/h7-9H,3-6H2,1-2H3,(H,12,13,14). The van der Waals surface area contributed by atoms with Crippen molar-refractivity contribution in [3.8, 4) is 0 Å². The van der Waals surface area contributed by atoms with Crippen molar-refractivity contribution in [1.82, 2.24) is 5.32 Å². The summed E-state index contributed by atoms with van der Waals surface area (Å²) < 4.78 is 0. The summed E-state index contributed by atoms with van der Waals surface area (Å²) in [7, 11) is 0. The van der Waals surface area contributed by atoms with E-state index in [9.17, 15) is 4.79 Å². The molecule has 2 atom stereocenters. The van der Waals surface area contributed by atoms with Crippen molar-refractivity contribution in [2.45, 2.75) is 44.4 Å². The number of hydrogen-bond acceptors (Lipinski definition) is 3. The fourth-order valence-corrected chi connectivity index (χ4v) is 3.28. The Morgan fingerprint density at radius 3 is 2.80 bits per heavy atom. The summed E-state index contributed by atoms with van der Waals surface area (Å²) in [6.45, 7) is 4.09. The summed E-state index contributed by atoms with van der Waals surface area (Å²) in [6, 6.07) is -0.150. The highest BCUT2D eigenvalue weighted by atomic mass is 32.2. The summed E-state index contributed by atoms with van der Waals surface area (Å²) in [6.07, 6.45) is 3.73. The minimum Gasteiger partial charge on any atom is -0.312 e. The Labute approximate surface area is 95.1 Å². The predicted molar refractivity (Wildman–Crippen MR) is 64.3 cm³/mol. The SMILES string of the molecule is CC(C)C1N=C(C2CCCCS2)NC1=O. The van der Waals surface area contributed by atoms with Crippen molar-refractivity contribution in [1.29, 1.82) is 0 Å². The quantitative estimate of drug-likeness (QED) is 0.780. The molecule has 4 heteroatoms. The van der Waals surface area contributed by atoms with Crippen LogP contribution in [0.3, 0.4) is 0 Å². The third-order valence-corrected chi connectivity index (χ3v) is 4.30. The van der Waals surface area contributed by atoms with Crippen LogP contribution >= 0.6 is 11.8 Å². The van der Waals surface area contributed by atoms with Crippen LogP contribution < -0.4 is 5.32 Å². The van der Waals surface area contributed by atoms with Crippen LogP contribution in [0.1, 0.15) is 33.1 Å². The fraction of sp³-hybridized carbons (Fsp3) is 0.818. The smallest absolute Gasteiger partial charge is 0.250 e. The molecular formula is C11H18N2OS. The van der Waals surface area contributed by atoms with Gasteiger partial charge in [-0.05, 0) is 24.5 Å². The maximum Gasteiger partial charge on any atom is 0.250 e. The van der Waals surface area contributed by atoms with Crippen LogP contribution in [-0.2, 0) is 4.79 Å². The molecule has 2 aliphatic rings. The highest BCUT2D eigenvalue weighted by Gasteiger charge is 2.32. The number of carbonyl (C=O) groups excluding carboxylic acids is 1. The number of hydrogen-bond donors (Lipinski definition) is 1. The zero-order valence-electron chi connectivity index (χ0n) is 9.32. The number of nitrogens with one attached hydrogen (secondary N) is 1. The highest BCUT2D eigenvalue weighted by Crippen LogP contribution is 2.27. The van der Waals surface area contributed by atoms with Crippen LogP contribution in [-0.4, -0.2) is 28.8 Å². The van der Waals surface area contributed by atoms with Gasteiger partial charge in [0, 0.05) is 0 Å². The van der Waals surface area contributed by atoms with E-state index >= 15 is 0 Å². The minimum atomic E-state index is -0.150. The van der Waals surface area contributed by atoms with Gasteiger partial charge in [-0.2, -0.15) is 11.8 Å². The van der Waals surface area contributed by atoms with E-state index in [0.717, 1.165) is 12.3 Å². The van der Waals surface area contributed by atoms with Gasteiger partial charge in [0.1, 0.15) is 11.9 Å². The van der Waals surface area contributed by atoms with Gasteiger partial charge in [-0.3, -0.25) is 9.79 Å². The first-order chi connectivity index (χ1) is 7.18. The second kappa shape index (κ2) is 4.56. The van der Waals surface area contributed by atoms with E-state index in [1.165, 1.54) is 18.6 Å². The molecular weight excluding hydrogens is 208 g/mol. The molecule has 0 aliphatic carbocycles. The summed E-state index contributed by atoms with van der Waals surface area (Å²) in [4.78, 5) is 16.2. The molecule has 0 radical (unpaired) electrons. The number of nitrogens with zero attached hydrogens (tertiary/aromatic N) is 1. The number of amides is 1. The number of aliphatic imine (C=N–C) groups is 1. The van der Waals surface area contributed by atoms with Crippen molar-refractivity contribution < 1.29 is 4.79 Å². The van der Waals surface area contributed by atoms with E-state index in [-0.39, 0.29) is 11.9 Å². The first kappa shape index (κ1) is 11.0. The Bertz CT molecular complexity index is 282. The Kier molecular flexibility index (Phi) is 3.34. The molecule has 2 unspecified atom stereocenters. The zero-order valence-corrected chi connectivity index (χ0v) is 10.1. The van der Waals surface area contributed by atoms with Gasteiger partial charge in [-0.25, -0.2) is 0 Å². The average Bonchev–Trinajstić information content (AvgIpc) is 2.62. The molecule has 1 fully saturated rings. The topological polar surface area (TPSA) is 41.5 Å². The first-order valence-electron chi connectivity index (χ1n) is 5.68. The van der Waals surface area contributed by atoms with Crippen molar-refractivity contribution in [3.05, 3.63) is 0 Å². The van der Waals surface area contributed by atoms with Crippen LogP contribution in [0.4, 0.5) is 0 Å². The molecule has 84 valence electrons. The van der Waals surface area contributed by atoms with Gasteiger partial charge in [0.25, 0.3) is 0 Å². The molecule has 0 spiro atoms. The lowest BCUT2D eigenvalue weighted by Gasteiger charge is -2.20. The van der Waals surface area contributed by atoms with Gasteiger partial charge in [0.2, 0.25) is 5.91 Å². The molecule has 3 nitrogen and oxygen atoms in total. The van der Waals surface area contributed by atoms with Gasteiger partial charge in [-0.15, -0.1) is 0 Å². The number of rotatable bonds is 2. The lowest BCUT2D eigenvalue weighted by atomic mass is 10.1. The maximum atomic E-state index is 11.6. The van der Waals surface area contributed by atoms with E-state index in [4.69, 9.17) is 0 Å². The number of thioether (sulfide) groups is 1. The maximum absolute atomic E-state index is 11.6. The lowest BCUT2D eigenvalue weighted by Crippen LogP contribution is -2.36. The molecule has 2 aliphatic heterocycles. The van der Waals surface area contributed by atoms with Crippen molar-refractivity contribution in [3.63, 3.8) is 0 Å². The van der Waals surface area contributed by atoms with Gasteiger partial charge in [-0.1, -0.05) is 20.3 Å². The van der Waals surface area contributed by atoms with Crippen LogP contribution in [0.5, 0.6) is 0 Å². The Hall–Kier alpha value is -0.510. The van der Waals surface area contributed by atoms with Crippen LogP contribution in [0, 0.1) is 5.92 Å². The molecule has 1 N–H and O–H groups in total. The molecule has 0 aromatic rings. The summed E-state index contributed by atoms with van der Waals surface area (Å²) in [5, 5.41) is 3.38. The molecule has 1 saturated heterocycles. The van der Waals surface area contributed by atoms with E-state index in [0.29, 0.717) is 11.2 Å². The molecule has 2 rings (SSSR count). The van der Waals surface area contributed by atoms with Crippen LogP contribution in [0.2, 0.25) is 0 Å². The molecule has 15 heavy (non-hydrogen) atoms. The molecule has 2 heterocycles. The third-order valence-electron chi connectivity index (χ3n) is 2.91. The van der Waals surface area contributed by atoms with E-state index in [2.05, 4.69) is 10.3 Å². The largest absolute Gasteiger partial charge is 0.312 e. The van der Waals surface area contributed by atoms with Gasteiger partial charge < -0.3 is 5.32 Å². The van der Waals surface area contributed by atoms with Gasteiger partial charge in [0.15, 0.2) is 0 Å². The van der Waals surface area contributed by atoms with E-state index < -0.39 is 0 Å². The number of amidine groups is 1. The number of carbonyl (C=O) groups is 1. The van der Waals surface area contributed by atoms with Crippen molar-refractivity contribution >= 4 is 23.5 Å². The van der Waals surface area contributed by atoms with Crippen molar-refractivity contribution in [2.75, 3.05) is 5.75 Å². The van der Waals surface area contributed by atoms with E-state index in [1.807, 2.05) is 25.6 Å². The van der Waals surface area contributed by atoms with Crippen molar-refractivity contribution in [2.24, 2.45) is 10.9 Å². The molecule has 0 bridgehead atoms.